The van der Waals surface area contributed by atoms with Crippen molar-refractivity contribution in [3.05, 3.63) is 34.1 Å². The van der Waals surface area contributed by atoms with Crippen LogP contribution in [-0.4, -0.2) is 37.0 Å². The second-order valence-electron chi connectivity index (χ2n) is 5.97. The van der Waals surface area contributed by atoms with Crippen LogP contribution in [0.4, 0.5) is 4.39 Å². The van der Waals surface area contributed by atoms with Crippen LogP contribution in [0.5, 0.6) is 0 Å². The number of hydrogen-bond acceptors (Lipinski definition) is 3. The summed E-state index contributed by atoms with van der Waals surface area (Å²) in [7, 11) is 2.11. The van der Waals surface area contributed by atoms with E-state index in [2.05, 4.69) is 27.9 Å². The van der Waals surface area contributed by atoms with E-state index < -0.39 is 0 Å². The lowest BCUT2D eigenvalue weighted by molar-refractivity contribution is -0.183. The number of ether oxygens (including phenoxy) is 2. The van der Waals surface area contributed by atoms with E-state index in [1.807, 2.05) is 6.07 Å². The van der Waals surface area contributed by atoms with Gasteiger partial charge in [-0.3, -0.25) is 4.90 Å². The molecule has 21 heavy (non-hydrogen) atoms. The van der Waals surface area contributed by atoms with E-state index in [1.54, 1.807) is 6.07 Å². The van der Waals surface area contributed by atoms with E-state index in [9.17, 15) is 4.39 Å². The Hall–Kier alpha value is -0.490. The molecule has 0 radical (unpaired) electrons. The molecule has 0 N–H and O–H groups in total. The Morgan fingerprint density at radius 2 is 1.95 bits per heavy atom. The van der Waals surface area contributed by atoms with Crippen LogP contribution in [0.1, 0.15) is 31.2 Å². The van der Waals surface area contributed by atoms with Crippen LogP contribution in [0.2, 0.25) is 0 Å². The highest BCUT2D eigenvalue weighted by Crippen LogP contribution is 2.37. The minimum atomic E-state index is -0.309. The summed E-state index contributed by atoms with van der Waals surface area (Å²) in [6.45, 7) is 2.19. The average Bonchev–Trinajstić information content (AvgIpc) is 2.93. The molecule has 5 heteroatoms. The van der Waals surface area contributed by atoms with Crippen LogP contribution in [0.15, 0.2) is 22.7 Å². The average molecular weight is 358 g/mol. The second kappa shape index (κ2) is 6.32. The molecule has 2 fully saturated rings. The van der Waals surface area contributed by atoms with Gasteiger partial charge in [0.1, 0.15) is 5.82 Å². The highest BCUT2D eigenvalue weighted by Gasteiger charge is 2.41. The fourth-order valence-corrected chi connectivity index (χ4v) is 3.73. The molecular formula is C16H21BrFNO2. The number of halogens is 2. The van der Waals surface area contributed by atoms with Crippen LogP contribution < -0.4 is 0 Å². The largest absolute Gasteiger partial charge is 0.348 e. The number of rotatable bonds is 3. The van der Waals surface area contributed by atoms with Crippen molar-refractivity contribution in [2.75, 3.05) is 20.3 Å². The molecule has 1 saturated heterocycles. The number of benzene rings is 1. The fraction of sp³-hybridized carbons (Fsp3) is 0.625. The summed E-state index contributed by atoms with van der Waals surface area (Å²) in [6.07, 6.45) is 4.02. The molecule has 0 bridgehead atoms. The van der Waals surface area contributed by atoms with Gasteiger partial charge in [-0.2, -0.15) is 0 Å². The Kier molecular flexibility index (Phi) is 4.64. The summed E-state index contributed by atoms with van der Waals surface area (Å²) in [6, 6.07) is 5.71. The van der Waals surface area contributed by atoms with Gasteiger partial charge in [0.2, 0.25) is 0 Å². The molecule has 0 aromatic heterocycles. The molecule has 1 aliphatic carbocycles. The summed E-state index contributed by atoms with van der Waals surface area (Å²) in [5.41, 5.74) is 0.992. The first-order chi connectivity index (χ1) is 10.1. The standard InChI is InChI=1S/C16H21BrFNO2/c1-19(11-12-3-2-4-14(18)15(12)17)13-5-7-16(8-6-13)20-9-10-21-16/h2-4,13H,5-11H2,1H3. The molecule has 3 rings (SSSR count). The van der Waals surface area contributed by atoms with Gasteiger partial charge in [0.05, 0.1) is 17.7 Å². The molecule has 1 heterocycles. The third-order valence-corrected chi connectivity index (χ3v) is 5.49. The van der Waals surface area contributed by atoms with Gasteiger partial charge in [-0.05, 0) is 47.4 Å². The smallest absolute Gasteiger partial charge is 0.168 e. The lowest BCUT2D eigenvalue weighted by Crippen LogP contribution is -2.42. The highest BCUT2D eigenvalue weighted by molar-refractivity contribution is 9.10. The van der Waals surface area contributed by atoms with Crippen molar-refractivity contribution in [1.29, 1.82) is 0 Å². The summed E-state index contributed by atoms with van der Waals surface area (Å²) < 4.78 is 25.7. The molecule has 1 saturated carbocycles. The fourth-order valence-electron chi connectivity index (χ4n) is 3.34. The summed E-state index contributed by atoms with van der Waals surface area (Å²) >= 11 is 3.34. The Bertz CT molecular complexity index is 495. The number of hydrogen-bond donors (Lipinski definition) is 0. The molecule has 116 valence electrons. The van der Waals surface area contributed by atoms with E-state index in [1.165, 1.54) is 6.07 Å². The first kappa shape index (κ1) is 15.4. The molecule has 1 aromatic carbocycles. The maximum absolute atomic E-state index is 13.6. The zero-order valence-corrected chi connectivity index (χ0v) is 13.9. The van der Waals surface area contributed by atoms with E-state index >= 15 is 0 Å². The van der Waals surface area contributed by atoms with Crippen LogP contribution in [0, 0.1) is 5.82 Å². The van der Waals surface area contributed by atoms with Crippen LogP contribution in [-0.2, 0) is 16.0 Å². The van der Waals surface area contributed by atoms with E-state index in [-0.39, 0.29) is 11.6 Å². The minimum absolute atomic E-state index is 0.198. The van der Waals surface area contributed by atoms with Crippen LogP contribution in [0.3, 0.4) is 0 Å². The zero-order valence-electron chi connectivity index (χ0n) is 12.3. The van der Waals surface area contributed by atoms with Crippen molar-refractivity contribution in [2.45, 2.75) is 44.1 Å². The number of nitrogens with zero attached hydrogens (tertiary/aromatic N) is 1. The van der Waals surface area contributed by atoms with E-state index in [0.717, 1.165) is 51.0 Å². The van der Waals surface area contributed by atoms with Gasteiger partial charge < -0.3 is 9.47 Å². The molecule has 2 aliphatic rings. The maximum Gasteiger partial charge on any atom is 0.168 e. The van der Waals surface area contributed by atoms with Gasteiger partial charge in [-0.25, -0.2) is 4.39 Å². The van der Waals surface area contributed by atoms with E-state index in [4.69, 9.17) is 9.47 Å². The molecule has 3 nitrogen and oxygen atoms in total. The lowest BCUT2D eigenvalue weighted by Gasteiger charge is -2.39. The normalized spacial score (nSPS) is 22.3. The monoisotopic (exact) mass is 357 g/mol. The molecular weight excluding hydrogens is 337 g/mol. The van der Waals surface area contributed by atoms with Crippen molar-refractivity contribution in [3.8, 4) is 0 Å². The Balaban J connectivity index is 1.59. The Labute approximate surface area is 133 Å². The predicted octanol–water partition coefficient (Wildman–Crippen LogP) is 3.71. The van der Waals surface area contributed by atoms with Crippen molar-refractivity contribution in [2.24, 2.45) is 0 Å². The van der Waals surface area contributed by atoms with E-state index in [0.29, 0.717) is 10.5 Å². The van der Waals surface area contributed by atoms with Crippen molar-refractivity contribution in [3.63, 3.8) is 0 Å². The quantitative estimate of drug-likeness (QED) is 0.822. The molecule has 0 atom stereocenters. The van der Waals surface area contributed by atoms with Gasteiger partial charge in [-0.15, -0.1) is 0 Å². The van der Waals surface area contributed by atoms with Crippen molar-refractivity contribution < 1.29 is 13.9 Å². The third-order valence-electron chi connectivity index (χ3n) is 4.61. The van der Waals surface area contributed by atoms with Gasteiger partial charge in [0.15, 0.2) is 5.79 Å². The predicted molar refractivity (Wildman–Crippen MR) is 82.5 cm³/mol. The zero-order chi connectivity index (χ0) is 14.9. The lowest BCUT2D eigenvalue weighted by atomic mass is 9.89. The molecule has 1 spiro atoms. The van der Waals surface area contributed by atoms with Crippen LogP contribution >= 0.6 is 15.9 Å². The molecule has 0 amide bonds. The highest BCUT2D eigenvalue weighted by atomic mass is 79.9. The van der Waals surface area contributed by atoms with Crippen molar-refractivity contribution >= 4 is 15.9 Å². The molecule has 0 unspecified atom stereocenters. The summed E-state index contributed by atoms with van der Waals surface area (Å²) in [5, 5.41) is 0. The summed E-state index contributed by atoms with van der Waals surface area (Å²) in [4.78, 5) is 2.31. The Morgan fingerprint density at radius 3 is 2.62 bits per heavy atom. The van der Waals surface area contributed by atoms with Gasteiger partial charge >= 0.3 is 0 Å². The Morgan fingerprint density at radius 1 is 1.29 bits per heavy atom. The maximum atomic E-state index is 13.6. The topological polar surface area (TPSA) is 21.7 Å². The SMILES string of the molecule is CN(Cc1cccc(F)c1Br)C1CCC2(CC1)OCCO2. The molecule has 1 aromatic rings. The second-order valence-corrected chi connectivity index (χ2v) is 6.76. The van der Waals surface area contributed by atoms with Crippen molar-refractivity contribution in [1.82, 2.24) is 4.90 Å². The summed E-state index contributed by atoms with van der Waals surface area (Å²) in [5.74, 6) is -0.507. The first-order valence-electron chi connectivity index (χ1n) is 7.51. The third kappa shape index (κ3) is 3.31. The van der Waals surface area contributed by atoms with Crippen LogP contribution in [0.25, 0.3) is 0 Å². The molecule has 1 aliphatic heterocycles. The minimum Gasteiger partial charge on any atom is -0.348 e. The first-order valence-corrected chi connectivity index (χ1v) is 8.30. The van der Waals surface area contributed by atoms with Gasteiger partial charge in [-0.1, -0.05) is 12.1 Å². The van der Waals surface area contributed by atoms with Gasteiger partial charge in [0.25, 0.3) is 0 Å². The van der Waals surface area contributed by atoms with Gasteiger partial charge in [0, 0.05) is 25.4 Å².